The topological polar surface area (TPSA) is 130 Å². The number of carbonyl (C=O) groups excluding carboxylic acids is 2. The smallest absolute Gasteiger partial charge is 0.410 e. The highest BCUT2D eigenvalue weighted by atomic mass is 32.2. The molecule has 0 saturated carbocycles. The molecule has 0 N–H and O–H groups in total. The Morgan fingerprint density at radius 1 is 0.889 bits per heavy atom. The summed E-state index contributed by atoms with van der Waals surface area (Å²) in [5.41, 5.74) is 4.43. The maximum atomic E-state index is 13.2. The van der Waals surface area contributed by atoms with E-state index in [1.54, 1.807) is 29.0 Å². The number of fused-ring (bicyclic) bond motifs is 1. The van der Waals surface area contributed by atoms with Gasteiger partial charge in [0, 0.05) is 32.7 Å². The number of methoxy groups -OCH3 is 1. The lowest BCUT2D eigenvalue weighted by Gasteiger charge is -2.38. The highest BCUT2D eigenvalue weighted by molar-refractivity contribution is 7.86. The van der Waals surface area contributed by atoms with Gasteiger partial charge in [0.05, 0.1) is 29.8 Å². The predicted octanol–water partition coefficient (Wildman–Crippen LogP) is 6.25. The average molecular weight is 759 g/mol. The minimum Gasteiger partial charge on any atom is -0.491 e. The summed E-state index contributed by atoms with van der Waals surface area (Å²) in [5.74, 6) is 1.05. The highest BCUT2D eigenvalue weighted by Gasteiger charge is 2.34. The number of carbonyl (C=O) groups is 2. The van der Waals surface area contributed by atoms with Gasteiger partial charge in [-0.2, -0.15) is 8.42 Å². The van der Waals surface area contributed by atoms with Crippen molar-refractivity contribution in [1.82, 2.24) is 4.90 Å². The van der Waals surface area contributed by atoms with E-state index in [0.717, 1.165) is 22.3 Å². The third-order valence-corrected chi connectivity index (χ3v) is 10.7. The van der Waals surface area contributed by atoms with Crippen LogP contribution < -0.4 is 14.4 Å². The van der Waals surface area contributed by atoms with Crippen molar-refractivity contribution in [3.8, 4) is 11.5 Å². The number of ether oxygens (including phenoxy) is 5. The number of hydrogen-bond donors (Lipinski definition) is 0. The van der Waals surface area contributed by atoms with Crippen LogP contribution in [0.25, 0.3) is 0 Å². The van der Waals surface area contributed by atoms with Crippen LogP contribution in [0, 0.1) is 6.92 Å². The van der Waals surface area contributed by atoms with Gasteiger partial charge in [-0.05, 0) is 72.9 Å². The average Bonchev–Trinajstić information content (AvgIpc) is 3.19. The maximum Gasteiger partial charge on any atom is 0.410 e. The third-order valence-electron chi connectivity index (χ3n) is 9.39. The summed E-state index contributed by atoms with van der Waals surface area (Å²) in [4.78, 5) is 29.5. The number of likely N-dealkylation sites (tertiary alicyclic amines) is 1. The molecule has 4 aromatic rings. The molecule has 0 radical (unpaired) electrons. The fourth-order valence-electron chi connectivity index (χ4n) is 6.48. The van der Waals surface area contributed by atoms with Crippen molar-refractivity contribution in [3.05, 3.63) is 119 Å². The summed E-state index contributed by atoms with van der Waals surface area (Å²) in [5, 5.41) is 0. The molecule has 4 aromatic carbocycles. The number of aryl methyl sites for hydroxylation is 1. The van der Waals surface area contributed by atoms with Gasteiger partial charge in [0.15, 0.2) is 6.61 Å². The van der Waals surface area contributed by atoms with E-state index in [4.69, 9.17) is 27.9 Å². The summed E-state index contributed by atoms with van der Waals surface area (Å²) in [6.07, 6.45) is 0.547. The number of rotatable bonds is 16. The van der Waals surface area contributed by atoms with E-state index in [1.165, 1.54) is 12.1 Å². The maximum absolute atomic E-state index is 13.2. The van der Waals surface area contributed by atoms with Gasteiger partial charge in [0.1, 0.15) is 31.3 Å². The Hall–Kier alpha value is -4.95. The lowest BCUT2D eigenvalue weighted by Crippen LogP contribution is -2.47. The first-order chi connectivity index (χ1) is 26.2. The summed E-state index contributed by atoms with van der Waals surface area (Å²) in [6.45, 7) is 4.04. The van der Waals surface area contributed by atoms with Crippen molar-refractivity contribution in [3.63, 3.8) is 0 Å². The fraction of sp³-hybridized carbons (Fsp3) is 0.366. The number of benzene rings is 4. The highest BCUT2D eigenvalue weighted by Crippen LogP contribution is 2.35. The molecule has 2 aliphatic rings. The molecule has 2 aliphatic heterocycles. The molecule has 13 heteroatoms. The molecule has 2 heterocycles. The summed E-state index contributed by atoms with van der Waals surface area (Å²) in [7, 11) is -2.25. The van der Waals surface area contributed by atoms with Gasteiger partial charge in [0.25, 0.3) is 16.0 Å². The number of hydrogen-bond acceptors (Lipinski definition) is 10. The number of amides is 2. The molecule has 2 atom stereocenters. The van der Waals surface area contributed by atoms with Crippen LogP contribution in [0.4, 0.5) is 10.5 Å². The zero-order valence-corrected chi connectivity index (χ0v) is 31.4. The SMILES string of the molecule is COCCCN1C(=O)COc2ccc(COC3CN(C(=O)OCc4ccccc4)CCC3c3ccc(OCCOS(=O)(=O)c4ccc(C)cc4)cc3)cc21. The second-order valence-corrected chi connectivity index (χ2v) is 14.8. The van der Waals surface area contributed by atoms with Gasteiger partial charge in [-0.15, -0.1) is 0 Å². The van der Waals surface area contributed by atoms with E-state index < -0.39 is 16.2 Å². The van der Waals surface area contributed by atoms with Crippen molar-refractivity contribution in [1.29, 1.82) is 0 Å². The molecule has 1 fully saturated rings. The fourth-order valence-corrected chi connectivity index (χ4v) is 7.38. The molecule has 1 saturated heterocycles. The van der Waals surface area contributed by atoms with E-state index >= 15 is 0 Å². The first-order valence-corrected chi connectivity index (χ1v) is 19.4. The number of piperidine rings is 1. The second kappa shape index (κ2) is 18.4. The minimum absolute atomic E-state index is 0.0106. The normalized spacial score (nSPS) is 17.1. The molecule has 12 nitrogen and oxygen atoms in total. The second-order valence-electron chi connectivity index (χ2n) is 13.2. The molecule has 0 bridgehead atoms. The van der Waals surface area contributed by atoms with Gasteiger partial charge >= 0.3 is 6.09 Å². The molecule has 6 rings (SSSR count). The number of anilines is 1. The Morgan fingerprint density at radius 3 is 2.43 bits per heavy atom. The Kier molecular flexibility index (Phi) is 13.2. The van der Waals surface area contributed by atoms with Crippen LogP contribution in [-0.4, -0.2) is 84.6 Å². The lowest BCUT2D eigenvalue weighted by atomic mass is 9.87. The lowest BCUT2D eigenvalue weighted by molar-refractivity contribution is -0.121. The van der Waals surface area contributed by atoms with Crippen molar-refractivity contribution in [2.24, 2.45) is 0 Å². The molecule has 0 aliphatic carbocycles. The van der Waals surface area contributed by atoms with Crippen LogP contribution in [0.1, 0.15) is 41.0 Å². The van der Waals surface area contributed by atoms with E-state index in [9.17, 15) is 18.0 Å². The largest absolute Gasteiger partial charge is 0.491 e. The molecule has 2 amide bonds. The Morgan fingerprint density at radius 2 is 1.67 bits per heavy atom. The van der Waals surface area contributed by atoms with E-state index in [-0.39, 0.29) is 55.9 Å². The summed E-state index contributed by atoms with van der Waals surface area (Å²) >= 11 is 0. The molecule has 0 spiro atoms. The van der Waals surface area contributed by atoms with E-state index in [2.05, 4.69) is 0 Å². The van der Waals surface area contributed by atoms with E-state index in [0.29, 0.717) is 56.3 Å². The standard InChI is InChI=1S/C41H46N2O10S/c1-30-9-16-35(17-10-30)54(46,47)53-24-23-49-34-14-12-33(13-15-34)36-19-21-42(41(45)52-27-31-7-4-3-5-8-31)26-39(36)50-28-32-11-18-38-37(25-32)43(20-6-22-48-2)40(44)29-51-38/h3-5,7-18,25,36,39H,6,19-24,26-29H2,1-2H3. The van der Waals surface area contributed by atoms with Crippen molar-refractivity contribution >= 4 is 27.8 Å². The molecular formula is C41H46N2O10S. The summed E-state index contributed by atoms with van der Waals surface area (Å²) in [6, 6.07) is 29.3. The molecule has 54 heavy (non-hydrogen) atoms. The first-order valence-electron chi connectivity index (χ1n) is 18.0. The van der Waals surface area contributed by atoms with Crippen LogP contribution in [0.15, 0.2) is 102 Å². The van der Waals surface area contributed by atoms with E-state index in [1.807, 2.05) is 79.7 Å². The van der Waals surface area contributed by atoms with Gasteiger partial charge in [-0.1, -0.05) is 66.2 Å². The quantitative estimate of drug-likeness (QED) is 0.0955. The van der Waals surface area contributed by atoms with Crippen molar-refractivity contribution in [2.45, 2.75) is 49.9 Å². The molecule has 286 valence electrons. The van der Waals surface area contributed by atoms with Crippen LogP contribution in [0.3, 0.4) is 0 Å². The van der Waals surface area contributed by atoms with Gasteiger partial charge in [0.2, 0.25) is 0 Å². The molecule has 2 unspecified atom stereocenters. The van der Waals surface area contributed by atoms with Gasteiger partial charge in [-0.3, -0.25) is 8.98 Å². The monoisotopic (exact) mass is 758 g/mol. The minimum atomic E-state index is -3.89. The van der Waals surface area contributed by atoms with Crippen molar-refractivity contribution < 1.29 is 45.9 Å². The van der Waals surface area contributed by atoms with Crippen molar-refractivity contribution in [2.75, 3.05) is 58.1 Å². The molecular weight excluding hydrogens is 713 g/mol. The van der Waals surface area contributed by atoms with Crippen LogP contribution >= 0.6 is 0 Å². The van der Waals surface area contributed by atoms with Gasteiger partial charge < -0.3 is 33.5 Å². The zero-order chi connectivity index (χ0) is 37.9. The predicted molar refractivity (Wildman–Crippen MR) is 201 cm³/mol. The third kappa shape index (κ3) is 10.2. The Balaban J connectivity index is 1.11. The Bertz CT molecular complexity index is 1960. The van der Waals surface area contributed by atoms with Gasteiger partial charge in [-0.25, -0.2) is 4.79 Å². The van der Waals surface area contributed by atoms with Crippen LogP contribution in [0.2, 0.25) is 0 Å². The Labute approximate surface area is 316 Å². The number of nitrogens with zero attached hydrogens (tertiary/aromatic N) is 2. The van der Waals surface area contributed by atoms with Crippen LogP contribution in [-0.2, 0) is 46.5 Å². The summed E-state index contributed by atoms with van der Waals surface area (Å²) < 4.78 is 59.1. The molecule has 0 aromatic heterocycles. The first kappa shape index (κ1) is 38.8. The van der Waals surface area contributed by atoms with Crippen LogP contribution in [0.5, 0.6) is 11.5 Å². The zero-order valence-electron chi connectivity index (χ0n) is 30.6.